The normalized spacial score (nSPS) is 10.8. The highest BCUT2D eigenvalue weighted by molar-refractivity contribution is 6.12. The number of halogens is 1. The van der Waals surface area contributed by atoms with Crippen LogP contribution in [0.15, 0.2) is 64.3 Å². The van der Waals surface area contributed by atoms with E-state index in [0.717, 1.165) is 16.7 Å². The smallest absolute Gasteiger partial charge is 0.333 e. The third kappa shape index (κ3) is 3.81. The molecule has 4 aromatic rings. The van der Waals surface area contributed by atoms with E-state index in [9.17, 15) is 23.6 Å². The summed E-state index contributed by atoms with van der Waals surface area (Å²) < 4.78 is 15.6. The molecule has 0 aliphatic rings. The predicted molar refractivity (Wildman–Crippen MR) is 118 cm³/mol. The molecule has 9 nitrogen and oxygen atoms in total. The van der Waals surface area contributed by atoms with Crippen molar-refractivity contribution >= 4 is 34.2 Å². The Kier molecular flexibility index (Phi) is 5.19. The van der Waals surface area contributed by atoms with Gasteiger partial charge in [-0.2, -0.15) is 0 Å². The molecule has 0 fully saturated rings. The molecule has 0 unspecified atom stereocenters. The number of benzene rings is 2. The molecular formula is C22H18FN5O4. The number of fused-ring (bicyclic) bond motifs is 1. The van der Waals surface area contributed by atoms with Gasteiger partial charge in [0.2, 0.25) is 5.91 Å². The second kappa shape index (κ2) is 7.99. The van der Waals surface area contributed by atoms with Crippen LogP contribution >= 0.6 is 0 Å². The molecule has 2 amide bonds. The lowest BCUT2D eigenvalue weighted by molar-refractivity contribution is -0.114. The molecule has 162 valence electrons. The van der Waals surface area contributed by atoms with Crippen molar-refractivity contribution in [2.45, 2.75) is 6.92 Å². The highest BCUT2D eigenvalue weighted by Gasteiger charge is 2.20. The second-order valence-corrected chi connectivity index (χ2v) is 7.14. The van der Waals surface area contributed by atoms with Crippen molar-refractivity contribution in [2.75, 3.05) is 10.6 Å². The summed E-state index contributed by atoms with van der Waals surface area (Å²) in [6.45, 7) is 1.37. The van der Waals surface area contributed by atoms with Crippen LogP contribution < -0.4 is 21.9 Å². The van der Waals surface area contributed by atoms with Gasteiger partial charge >= 0.3 is 5.69 Å². The van der Waals surface area contributed by atoms with Crippen molar-refractivity contribution in [3.05, 3.63) is 86.9 Å². The van der Waals surface area contributed by atoms with E-state index in [0.29, 0.717) is 11.4 Å². The largest absolute Gasteiger partial charge is 0.344 e. The van der Waals surface area contributed by atoms with Crippen LogP contribution in [0.5, 0.6) is 0 Å². The highest BCUT2D eigenvalue weighted by Crippen LogP contribution is 2.19. The van der Waals surface area contributed by atoms with Gasteiger partial charge in [-0.3, -0.25) is 14.4 Å². The fourth-order valence-electron chi connectivity index (χ4n) is 3.45. The number of hydrogen-bond acceptors (Lipinski definition) is 4. The number of amides is 2. The van der Waals surface area contributed by atoms with E-state index in [1.807, 2.05) is 0 Å². The van der Waals surface area contributed by atoms with Crippen LogP contribution in [0.2, 0.25) is 0 Å². The van der Waals surface area contributed by atoms with Crippen molar-refractivity contribution in [1.82, 2.24) is 14.1 Å². The standard InChI is InChI=1S/C22H18FN5O4/c1-12(29)24-14-4-3-5-15(10-14)25-20(30)17-11-27(2)19-18(17)26-22(32)28(21(19)31)16-8-6-13(23)7-9-16/h3-11H,1-2H3,(H,24,29)(H,25,30)(H,26,32). The van der Waals surface area contributed by atoms with Crippen molar-refractivity contribution in [2.24, 2.45) is 7.05 Å². The van der Waals surface area contributed by atoms with Crippen LogP contribution in [0, 0.1) is 5.82 Å². The van der Waals surface area contributed by atoms with Crippen LogP contribution in [0.3, 0.4) is 0 Å². The van der Waals surface area contributed by atoms with Crippen LogP contribution in [0.25, 0.3) is 16.7 Å². The molecule has 2 aromatic heterocycles. The Hall–Kier alpha value is -4.47. The molecule has 10 heteroatoms. The van der Waals surface area contributed by atoms with Gasteiger partial charge in [-0.1, -0.05) is 6.07 Å². The Morgan fingerprint density at radius 3 is 2.31 bits per heavy atom. The Labute approximate surface area is 180 Å². The lowest BCUT2D eigenvalue weighted by Gasteiger charge is -2.08. The number of rotatable bonds is 4. The minimum atomic E-state index is -0.762. The zero-order valence-electron chi connectivity index (χ0n) is 17.1. The van der Waals surface area contributed by atoms with Gasteiger partial charge in [0.1, 0.15) is 11.3 Å². The Bertz CT molecular complexity index is 1480. The number of aromatic amines is 1. The molecule has 0 saturated heterocycles. The Morgan fingerprint density at radius 2 is 1.66 bits per heavy atom. The van der Waals surface area contributed by atoms with Crippen LogP contribution in [0.1, 0.15) is 17.3 Å². The summed E-state index contributed by atoms with van der Waals surface area (Å²) in [5, 5.41) is 5.32. The molecule has 2 heterocycles. The number of nitrogens with one attached hydrogen (secondary N) is 3. The van der Waals surface area contributed by atoms with E-state index in [1.54, 1.807) is 31.3 Å². The molecule has 0 spiro atoms. The maximum Gasteiger partial charge on any atom is 0.333 e. The summed E-state index contributed by atoms with van der Waals surface area (Å²) in [6, 6.07) is 11.5. The zero-order chi connectivity index (χ0) is 23.0. The summed E-state index contributed by atoms with van der Waals surface area (Å²) in [5.41, 5.74) is -0.0208. The third-order valence-electron chi connectivity index (χ3n) is 4.79. The van der Waals surface area contributed by atoms with Gasteiger partial charge in [0, 0.05) is 31.5 Å². The van der Waals surface area contributed by atoms with E-state index in [-0.39, 0.29) is 28.2 Å². The SMILES string of the molecule is CC(=O)Nc1cccc(NC(=O)c2cn(C)c3c(=O)n(-c4ccc(F)cc4)c(=O)[nH]c23)c1. The van der Waals surface area contributed by atoms with Crippen molar-refractivity contribution in [3.8, 4) is 5.69 Å². The first-order valence-corrected chi connectivity index (χ1v) is 9.54. The van der Waals surface area contributed by atoms with Crippen molar-refractivity contribution in [3.63, 3.8) is 0 Å². The Balaban J connectivity index is 1.76. The average Bonchev–Trinajstić information content (AvgIpc) is 3.05. The van der Waals surface area contributed by atoms with E-state index in [4.69, 9.17) is 0 Å². The molecular weight excluding hydrogens is 417 g/mol. The first-order chi connectivity index (χ1) is 15.2. The van der Waals surface area contributed by atoms with Gasteiger partial charge in [0.15, 0.2) is 0 Å². The van der Waals surface area contributed by atoms with Crippen LogP contribution in [-0.4, -0.2) is 25.9 Å². The average molecular weight is 435 g/mol. The minimum absolute atomic E-state index is 0.0800. The lowest BCUT2D eigenvalue weighted by atomic mass is 10.2. The van der Waals surface area contributed by atoms with Gasteiger partial charge in [-0.05, 0) is 42.5 Å². The van der Waals surface area contributed by atoms with Gasteiger partial charge in [-0.15, -0.1) is 0 Å². The highest BCUT2D eigenvalue weighted by atomic mass is 19.1. The number of H-pyrrole nitrogens is 1. The minimum Gasteiger partial charge on any atom is -0.344 e. The van der Waals surface area contributed by atoms with Gasteiger partial charge in [-0.25, -0.2) is 13.8 Å². The van der Waals surface area contributed by atoms with Gasteiger partial charge in [0.05, 0.1) is 16.8 Å². The van der Waals surface area contributed by atoms with Gasteiger partial charge in [0.25, 0.3) is 11.5 Å². The first-order valence-electron chi connectivity index (χ1n) is 9.54. The van der Waals surface area contributed by atoms with E-state index < -0.39 is 23.0 Å². The second-order valence-electron chi connectivity index (χ2n) is 7.14. The number of carbonyl (C=O) groups is 2. The van der Waals surface area contributed by atoms with E-state index in [2.05, 4.69) is 15.6 Å². The third-order valence-corrected chi connectivity index (χ3v) is 4.79. The Morgan fingerprint density at radius 1 is 1.00 bits per heavy atom. The fourth-order valence-corrected chi connectivity index (χ4v) is 3.45. The molecule has 0 atom stereocenters. The summed E-state index contributed by atoms with van der Waals surface area (Å²) >= 11 is 0. The summed E-state index contributed by atoms with van der Waals surface area (Å²) in [4.78, 5) is 52.4. The summed E-state index contributed by atoms with van der Waals surface area (Å²) in [6.07, 6.45) is 1.43. The van der Waals surface area contributed by atoms with E-state index >= 15 is 0 Å². The summed E-state index contributed by atoms with van der Waals surface area (Å²) in [7, 11) is 1.57. The molecule has 32 heavy (non-hydrogen) atoms. The molecule has 0 radical (unpaired) electrons. The van der Waals surface area contributed by atoms with Gasteiger partial charge < -0.3 is 20.2 Å². The predicted octanol–water partition coefficient (Wildman–Crippen LogP) is 2.37. The quantitative estimate of drug-likeness (QED) is 0.456. The zero-order valence-corrected chi connectivity index (χ0v) is 17.1. The number of hydrogen-bond donors (Lipinski definition) is 3. The number of aryl methyl sites for hydroxylation is 1. The number of aromatic nitrogens is 3. The molecule has 0 saturated carbocycles. The molecule has 0 bridgehead atoms. The molecule has 0 aliphatic heterocycles. The maximum atomic E-state index is 13.2. The maximum absolute atomic E-state index is 13.2. The number of anilines is 2. The number of nitrogens with zero attached hydrogens (tertiary/aromatic N) is 2. The van der Waals surface area contributed by atoms with E-state index in [1.165, 1.54) is 29.8 Å². The monoisotopic (exact) mass is 435 g/mol. The molecule has 3 N–H and O–H groups in total. The lowest BCUT2D eigenvalue weighted by Crippen LogP contribution is -2.34. The van der Waals surface area contributed by atoms with Crippen LogP contribution in [0.4, 0.5) is 15.8 Å². The van der Waals surface area contributed by atoms with Crippen molar-refractivity contribution < 1.29 is 14.0 Å². The van der Waals surface area contributed by atoms with Crippen molar-refractivity contribution in [1.29, 1.82) is 0 Å². The molecule has 0 aliphatic carbocycles. The molecule has 4 rings (SSSR count). The fraction of sp³-hybridized carbons (Fsp3) is 0.0909. The summed E-state index contributed by atoms with van der Waals surface area (Å²) in [5.74, 6) is -1.30. The number of carbonyl (C=O) groups excluding carboxylic acids is 2. The first kappa shape index (κ1) is 20.8. The molecule has 2 aromatic carbocycles. The van der Waals surface area contributed by atoms with Crippen LogP contribution in [-0.2, 0) is 11.8 Å². The topological polar surface area (TPSA) is 118 Å².